The summed E-state index contributed by atoms with van der Waals surface area (Å²) in [5, 5.41) is 5.36. The Kier molecular flexibility index (Phi) is 5.74. The number of rotatable bonds is 5. The van der Waals surface area contributed by atoms with Gasteiger partial charge in [-0.3, -0.25) is 10.1 Å². The van der Waals surface area contributed by atoms with Crippen LogP contribution in [-0.4, -0.2) is 18.0 Å². The van der Waals surface area contributed by atoms with Gasteiger partial charge in [0, 0.05) is 16.5 Å². The summed E-state index contributed by atoms with van der Waals surface area (Å²) in [6, 6.07) is 13.4. The van der Waals surface area contributed by atoms with Crippen LogP contribution in [0.25, 0.3) is 11.3 Å². The fraction of sp³-hybridized carbons (Fsp3) is 0.200. The van der Waals surface area contributed by atoms with Gasteiger partial charge >= 0.3 is 0 Å². The van der Waals surface area contributed by atoms with E-state index in [0.717, 1.165) is 21.5 Å². The first kappa shape index (κ1) is 18.6. The Morgan fingerprint density at radius 2 is 1.92 bits per heavy atom. The second-order valence-electron chi connectivity index (χ2n) is 6.12. The Balaban J connectivity index is 1.73. The standard InChI is InChI=1S/C20H19BrN2O2S/c1-12(2)13-4-6-14(7-5-13)19(24)23-20-22-17(11-26-20)15-8-9-18(25-3)16(21)10-15/h4-12H,1-3H3,(H,22,23,24). The zero-order valence-corrected chi connectivity index (χ0v) is 17.1. The number of benzene rings is 2. The van der Waals surface area contributed by atoms with Crippen LogP contribution < -0.4 is 10.1 Å². The van der Waals surface area contributed by atoms with E-state index in [1.807, 2.05) is 47.8 Å². The minimum Gasteiger partial charge on any atom is -0.496 e. The van der Waals surface area contributed by atoms with Crippen molar-refractivity contribution in [1.29, 1.82) is 0 Å². The zero-order chi connectivity index (χ0) is 18.7. The molecule has 0 bridgehead atoms. The van der Waals surface area contributed by atoms with Gasteiger partial charge in [-0.1, -0.05) is 26.0 Å². The predicted octanol–water partition coefficient (Wildman–Crippen LogP) is 5.96. The SMILES string of the molecule is COc1ccc(-c2csc(NC(=O)c3ccc(C(C)C)cc3)n2)cc1Br. The molecule has 26 heavy (non-hydrogen) atoms. The summed E-state index contributed by atoms with van der Waals surface area (Å²) in [6.45, 7) is 4.26. The number of carbonyl (C=O) groups is 1. The number of nitrogens with one attached hydrogen (secondary N) is 1. The smallest absolute Gasteiger partial charge is 0.257 e. The van der Waals surface area contributed by atoms with Gasteiger partial charge in [-0.2, -0.15) is 0 Å². The maximum Gasteiger partial charge on any atom is 0.257 e. The lowest BCUT2D eigenvalue weighted by atomic mass is 10.0. The highest BCUT2D eigenvalue weighted by molar-refractivity contribution is 9.10. The lowest BCUT2D eigenvalue weighted by molar-refractivity contribution is 0.102. The van der Waals surface area contributed by atoms with E-state index in [9.17, 15) is 4.79 Å². The van der Waals surface area contributed by atoms with Gasteiger partial charge in [0.05, 0.1) is 17.3 Å². The van der Waals surface area contributed by atoms with E-state index in [1.54, 1.807) is 7.11 Å². The Bertz CT molecular complexity index is 920. The molecular formula is C20H19BrN2O2S. The number of anilines is 1. The molecule has 0 aliphatic rings. The van der Waals surface area contributed by atoms with Gasteiger partial charge in [0.1, 0.15) is 5.75 Å². The fourth-order valence-electron chi connectivity index (χ4n) is 2.48. The molecule has 0 spiro atoms. The Labute approximate surface area is 165 Å². The topological polar surface area (TPSA) is 51.2 Å². The molecular weight excluding hydrogens is 412 g/mol. The Morgan fingerprint density at radius 1 is 1.19 bits per heavy atom. The number of halogens is 1. The van der Waals surface area contributed by atoms with Crippen LogP contribution in [0.15, 0.2) is 52.3 Å². The van der Waals surface area contributed by atoms with Gasteiger partial charge in [-0.25, -0.2) is 4.98 Å². The molecule has 0 saturated heterocycles. The summed E-state index contributed by atoms with van der Waals surface area (Å²) in [5.74, 6) is 1.05. The van der Waals surface area contributed by atoms with Crippen molar-refractivity contribution in [3.8, 4) is 17.0 Å². The van der Waals surface area contributed by atoms with Gasteiger partial charge in [-0.05, 0) is 57.7 Å². The van der Waals surface area contributed by atoms with Crippen molar-refractivity contribution in [2.24, 2.45) is 0 Å². The van der Waals surface area contributed by atoms with Gasteiger partial charge in [0.2, 0.25) is 0 Å². The third kappa shape index (κ3) is 4.14. The van der Waals surface area contributed by atoms with Crippen LogP contribution in [0.2, 0.25) is 0 Å². The van der Waals surface area contributed by atoms with Crippen LogP contribution in [0, 0.1) is 0 Å². The average Bonchev–Trinajstić information content (AvgIpc) is 3.10. The van der Waals surface area contributed by atoms with Crippen molar-refractivity contribution < 1.29 is 9.53 Å². The number of ether oxygens (including phenoxy) is 1. The highest BCUT2D eigenvalue weighted by Gasteiger charge is 2.11. The van der Waals surface area contributed by atoms with Crippen molar-refractivity contribution in [3.05, 3.63) is 63.4 Å². The van der Waals surface area contributed by atoms with E-state index in [4.69, 9.17) is 4.74 Å². The van der Waals surface area contributed by atoms with Crippen LogP contribution in [-0.2, 0) is 0 Å². The molecule has 3 rings (SSSR count). The minimum absolute atomic E-state index is 0.155. The molecule has 6 heteroatoms. The molecule has 1 amide bonds. The minimum atomic E-state index is -0.155. The Hall–Kier alpha value is -2.18. The molecule has 0 saturated carbocycles. The average molecular weight is 431 g/mol. The maximum atomic E-state index is 12.4. The predicted molar refractivity (Wildman–Crippen MR) is 110 cm³/mol. The number of hydrogen-bond donors (Lipinski definition) is 1. The monoisotopic (exact) mass is 430 g/mol. The molecule has 0 fully saturated rings. The van der Waals surface area contributed by atoms with E-state index >= 15 is 0 Å². The first-order chi connectivity index (χ1) is 12.5. The quantitative estimate of drug-likeness (QED) is 0.543. The molecule has 1 aromatic heterocycles. The maximum absolute atomic E-state index is 12.4. The van der Waals surface area contributed by atoms with Crippen LogP contribution in [0.4, 0.5) is 5.13 Å². The highest BCUT2D eigenvalue weighted by atomic mass is 79.9. The largest absolute Gasteiger partial charge is 0.496 e. The first-order valence-corrected chi connectivity index (χ1v) is 9.86. The molecule has 4 nitrogen and oxygen atoms in total. The van der Waals surface area contributed by atoms with Gasteiger partial charge in [-0.15, -0.1) is 11.3 Å². The van der Waals surface area contributed by atoms with E-state index in [1.165, 1.54) is 16.9 Å². The van der Waals surface area contributed by atoms with Crippen molar-refractivity contribution >= 4 is 38.3 Å². The Morgan fingerprint density at radius 3 is 2.54 bits per heavy atom. The van der Waals surface area contributed by atoms with E-state index in [0.29, 0.717) is 16.6 Å². The van der Waals surface area contributed by atoms with E-state index < -0.39 is 0 Å². The van der Waals surface area contributed by atoms with Crippen molar-refractivity contribution in [1.82, 2.24) is 4.98 Å². The van der Waals surface area contributed by atoms with Gasteiger partial charge in [0.25, 0.3) is 5.91 Å². The summed E-state index contributed by atoms with van der Waals surface area (Å²) in [6.07, 6.45) is 0. The molecule has 0 aliphatic carbocycles. The van der Waals surface area contributed by atoms with Gasteiger partial charge < -0.3 is 4.74 Å². The zero-order valence-electron chi connectivity index (χ0n) is 14.7. The molecule has 0 radical (unpaired) electrons. The first-order valence-electron chi connectivity index (χ1n) is 8.18. The number of amides is 1. The van der Waals surface area contributed by atoms with Crippen LogP contribution in [0.5, 0.6) is 5.75 Å². The fourth-order valence-corrected chi connectivity index (χ4v) is 3.73. The van der Waals surface area contributed by atoms with Crippen LogP contribution in [0.3, 0.4) is 0 Å². The molecule has 3 aromatic rings. The van der Waals surface area contributed by atoms with E-state index in [-0.39, 0.29) is 5.91 Å². The third-order valence-corrected chi connectivity index (χ3v) is 5.39. The molecule has 0 aliphatic heterocycles. The summed E-state index contributed by atoms with van der Waals surface area (Å²) < 4.78 is 6.11. The van der Waals surface area contributed by atoms with Crippen molar-refractivity contribution in [2.75, 3.05) is 12.4 Å². The molecule has 134 valence electrons. The summed E-state index contributed by atoms with van der Waals surface area (Å²) >= 11 is 4.88. The van der Waals surface area contributed by atoms with E-state index in [2.05, 4.69) is 40.1 Å². The van der Waals surface area contributed by atoms with Crippen molar-refractivity contribution in [3.63, 3.8) is 0 Å². The second kappa shape index (κ2) is 8.01. The summed E-state index contributed by atoms with van der Waals surface area (Å²) in [4.78, 5) is 16.9. The molecule has 0 unspecified atom stereocenters. The second-order valence-corrected chi connectivity index (χ2v) is 7.83. The van der Waals surface area contributed by atoms with Crippen LogP contribution in [0.1, 0.15) is 35.7 Å². The van der Waals surface area contributed by atoms with Crippen LogP contribution >= 0.6 is 27.3 Å². The molecule has 0 atom stereocenters. The molecule has 1 heterocycles. The number of thiazole rings is 1. The lowest BCUT2D eigenvalue weighted by Crippen LogP contribution is -2.11. The number of nitrogens with zero attached hydrogens (tertiary/aromatic N) is 1. The summed E-state index contributed by atoms with van der Waals surface area (Å²) in [5.41, 5.74) is 3.60. The number of methoxy groups -OCH3 is 1. The van der Waals surface area contributed by atoms with Gasteiger partial charge in [0.15, 0.2) is 5.13 Å². The van der Waals surface area contributed by atoms with Crippen molar-refractivity contribution in [2.45, 2.75) is 19.8 Å². The molecule has 2 aromatic carbocycles. The lowest BCUT2D eigenvalue weighted by Gasteiger charge is -2.06. The third-order valence-electron chi connectivity index (χ3n) is 4.01. The normalized spacial score (nSPS) is 10.8. The number of hydrogen-bond acceptors (Lipinski definition) is 4. The molecule has 1 N–H and O–H groups in total. The summed E-state index contributed by atoms with van der Waals surface area (Å²) in [7, 11) is 1.63. The number of carbonyl (C=O) groups excluding carboxylic acids is 1. The number of aromatic nitrogens is 1. The highest BCUT2D eigenvalue weighted by Crippen LogP contribution is 2.32.